The minimum absolute atomic E-state index is 0.0234. The number of nitrogens with zero attached hydrogens (tertiary/aromatic N) is 1. The van der Waals surface area contributed by atoms with Gasteiger partial charge in [0.15, 0.2) is 6.10 Å². The van der Waals surface area contributed by atoms with Crippen LogP contribution in [0.2, 0.25) is 0 Å². The van der Waals surface area contributed by atoms with Gasteiger partial charge < -0.3 is 9.84 Å². The van der Waals surface area contributed by atoms with Crippen LogP contribution in [0.5, 0.6) is 0 Å². The molecule has 0 bridgehead atoms. The van der Waals surface area contributed by atoms with E-state index in [0.717, 1.165) is 38.0 Å². The lowest BCUT2D eigenvalue weighted by Gasteiger charge is -2.32. The summed E-state index contributed by atoms with van der Waals surface area (Å²) in [5.74, 6) is -0.803. The first-order chi connectivity index (χ1) is 10.6. The highest BCUT2D eigenvalue weighted by molar-refractivity contribution is 5.74. The molecule has 120 valence electrons. The van der Waals surface area contributed by atoms with Crippen molar-refractivity contribution in [3.8, 4) is 0 Å². The van der Waals surface area contributed by atoms with E-state index in [0.29, 0.717) is 0 Å². The zero-order valence-electron chi connectivity index (χ0n) is 12.7. The Kier molecular flexibility index (Phi) is 6.10. The van der Waals surface area contributed by atoms with E-state index in [2.05, 4.69) is 9.64 Å². The zero-order valence-corrected chi connectivity index (χ0v) is 12.7. The molecule has 1 aromatic carbocycles. The van der Waals surface area contributed by atoms with Gasteiger partial charge in [-0.25, -0.2) is 9.18 Å². The summed E-state index contributed by atoms with van der Waals surface area (Å²) in [4.78, 5) is 13.6. The third-order valence-corrected chi connectivity index (χ3v) is 4.07. The largest absolute Gasteiger partial charge is 0.467 e. The van der Waals surface area contributed by atoms with Crippen LogP contribution in [-0.4, -0.2) is 48.8 Å². The Morgan fingerprint density at radius 1 is 1.41 bits per heavy atom. The van der Waals surface area contributed by atoms with Gasteiger partial charge >= 0.3 is 5.97 Å². The number of hydrogen-bond donors (Lipinski definition) is 1. The number of hydrogen-bond acceptors (Lipinski definition) is 4. The number of carbonyl (C=O) groups excluding carboxylic acids is 1. The number of rotatable bonds is 5. The van der Waals surface area contributed by atoms with Crippen molar-refractivity contribution < 1.29 is 19.0 Å². The van der Waals surface area contributed by atoms with E-state index in [1.807, 2.05) is 12.2 Å². The van der Waals surface area contributed by atoms with Crippen LogP contribution < -0.4 is 0 Å². The van der Waals surface area contributed by atoms with Crippen molar-refractivity contribution in [2.24, 2.45) is 5.92 Å². The number of aliphatic hydroxyl groups is 1. The van der Waals surface area contributed by atoms with Crippen molar-refractivity contribution in [2.45, 2.75) is 18.9 Å². The third kappa shape index (κ3) is 4.64. The summed E-state index contributed by atoms with van der Waals surface area (Å²) in [6, 6.07) is 6.37. The van der Waals surface area contributed by atoms with E-state index < -0.39 is 12.1 Å². The van der Waals surface area contributed by atoms with Gasteiger partial charge in [0.25, 0.3) is 0 Å². The van der Waals surface area contributed by atoms with Crippen LogP contribution in [0.4, 0.5) is 4.39 Å². The minimum Gasteiger partial charge on any atom is -0.467 e. The number of esters is 1. The first-order valence-electron chi connectivity index (χ1n) is 7.50. The zero-order chi connectivity index (χ0) is 15.9. The molecule has 1 heterocycles. The molecule has 1 N–H and O–H groups in total. The molecule has 0 saturated carbocycles. The highest BCUT2D eigenvalue weighted by atomic mass is 19.1. The molecule has 1 aliphatic heterocycles. The van der Waals surface area contributed by atoms with Crippen molar-refractivity contribution in [3.05, 3.63) is 41.7 Å². The summed E-state index contributed by atoms with van der Waals surface area (Å²) in [7, 11) is 1.29. The molecule has 4 nitrogen and oxygen atoms in total. The molecule has 1 fully saturated rings. The Morgan fingerprint density at radius 3 is 2.64 bits per heavy atom. The SMILES string of the molecule is COC(=O)C(O)C1CCN(C/C=C/c2ccc(F)cc2)CC1. The highest BCUT2D eigenvalue weighted by Gasteiger charge is 2.29. The Bertz CT molecular complexity index is 507. The van der Waals surface area contributed by atoms with Gasteiger partial charge in [0.1, 0.15) is 5.82 Å². The quantitative estimate of drug-likeness (QED) is 0.846. The van der Waals surface area contributed by atoms with Gasteiger partial charge in [0, 0.05) is 6.54 Å². The van der Waals surface area contributed by atoms with E-state index in [9.17, 15) is 14.3 Å². The standard InChI is InChI=1S/C17H22FNO3/c1-22-17(21)16(20)14-8-11-19(12-9-14)10-2-3-13-4-6-15(18)7-5-13/h2-7,14,16,20H,8-12H2,1H3/b3-2+. The second-order valence-electron chi connectivity index (χ2n) is 5.56. The van der Waals surface area contributed by atoms with Crippen molar-refractivity contribution in [2.75, 3.05) is 26.7 Å². The summed E-state index contributed by atoms with van der Waals surface area (Å²) in [5.41, 5.74) is 0.970. The van der Waals surface area contributed by atoms with Gasteiger partial charge in [-0.05, 0) is 49.5 Å². The molecule has 1 atom stereocenters. The normalized spacial score (nSPS) is 18.5. The number of benzene rings is 1. The fourth-order valence-corrected chi connectivity index (χ4v) is 2.68. The Balaban J connectivity index is 1.75. The maximum absolute atomic E-state index is 12.8. The summed E-state index contributed by atoms with van der Waals surface area (Å²) in [6.45, 7) is 2.48. The maximum atomic E-state index is 12.8. The highest BCUT2D eigenvalue weighted by Crippen LogP contribution is 2.21. The Hall–Kier alpha value is -1.72. The number of ether oxygens (including phenoxy) is 1. The summed E-state index contributed by atoms with van der Waals surface area (Å²) in [6.07, 6.45) is 4.56. The van der Waals surface area contributed by atoms with Crippen LogP contribution in [0, 0.1) is 11.7 Å². The molecule has 1 saturated heterocycles. The monoisotopic (exact) mass is 307 g/mol. The number of methoxy groups -OCH3 is 1. The fourth-order valence-electron chi connectivity index (χ4n) is 2.68. The third-order valence-electron chi connectivity index (χ3n) is 4.07. The molecular formula is C17H22FNO3. The molecule has 0 spiro atoms. The number of likely N-dealkylation sites (tertiary alicyclic amines) is 1. The molecule has 1 aromatic rings. The molecule has 0 aliphatic carbocycles. The predicted molar refractivity (Wildman–Crippen MR) is 82.6 cm³/mol. The molecule has 0 aromatic heterocycles. The topological polar surface area (TPSA) is 49.8 Å². The molecule has 22 heavy (non-hydrogen) atoms. The van der Waals surface area contributed by atoms with Crippen LogP contribution in [0.25, 0.3) is 6.08 Å². The van der Waals surface area contributed by atoms with Gasteiger partial charge in [-0.1, -0.05) is 24.3 Å². The molecule has 0 amide bonds. The molecular weight excluding hydrogens is 285 g/mol. The lowest BCUT2D eigenvalue weighted by molar-refractivity contribution is -0.154. The van der Waals surface area contributed by atoms with Gasteiger partial charge in [-0.3, -0.25) is 4.90 Å². The number of carbonyl (C=O) groups is 1. The van der Waals surface area contributed by atoms with E-state index in [-0.39, 0.29) is 11.7 Å². The molecule has 2 rings (SSSR count). The maximum Gasteiger partial charge on any atom is 0.334 e. The smallest absolute Gasteiger partial charge is 0.334 e. The van der Waals surface area contributed by atoms with Crippen molar-refractivity contribution >= 4 is 12.0 Å². The van der Waals surface area contributed by atoms with Gasteiger partial charge in [-0.2, -0.15) is 0 Å². The van der Waals surface area contributed by atoms with E-state index in [1.165, 1.54) is 19.2 Å². The lowest BCUT2D eigenvalue weighted by Crippen LogP contribution is -2.40. The van der Waals surface area contributed by atoms with E-state index in [4.69, 9.17) is 0 Å². The van der Waals surface area contributed by atoms with Crippen LogP contribution in [0.15, 0.2) is 30.3 Å². The first-order valence-corrected chi connectivity index (χ1v) is 7.50. The molecule has 5 heteroatoms. The Morgan fingerprint density at radius 2 is 2.05 bits per heavy atom. The van der Waals surface area contributed by atoms with E-state index in [1.54, 1.807) is 12.1 Å². The molecule has 1 unspecified atom stereocenters. The van der Waals surface area contributed by atoms with Crippen LogP contribution in [-0.2, 0) is 9.53 Å². The first kappa shape index (κ1) is 16.6. The van der Waals surface area contributed by atoms with E-state index >= 15 is 0 Å². The number of piperidine rings is 1. The summed E-state index contributed by atoms with van der Waals surface area (Å²) >= 11 is 0. The average Bonchev–Trinajstić information content (AvgIpc) is 2.56. The molecule has 1 aliphatic rings. The number of aliphatic hydroxyl groups excluding tert-OH is 1. The van der Waals surface area contributed by atoms with Gasteiger partial charge in [0.2, 0.25) is 0 Å². The van der Waals surface area contributed by atoms with Crippen LogP contribution in [0.1, 0.15) is 18.4 Å². The van der Waals surface area contributed by atoms with Gasteiger partial charge in [-0.15, -0.1) is 0 Å². The Labute approximate surface area is 130 Å². The van der Waals surface area contributed by atoms with Crippen LogP contribution in [0.3, 0.4) is 0 Å². The van der Waals surface area contributed by atoms with Crippen molar-refractivity contribution in [1.82, 2.24) is 4.90 Å². The predicted octanol–water partition coefficient (Wildman–Crippen LogP) is 2.08. The van der Waals surface area contributed by atoms with Crippen molar-refractivity contribution in [1.29, 1.82) is 0 Å². The fraction of sp³-hybridized carbons (Fsp3) is 0.471. The molecule has 0 radical (unpaired) electrons. The lowest BCUT2D eigenvalue weighted by atomic mass is 9.91. The van der Waals surface area contributed by atoms with Crippen molar-refractivity contribution in [3.63, 3.8) is 0 Å². The minimum atomic E-state index is -1.01. The summed E-state index contributed by atoms with van der Waals surface area (Å²) in [5, 5.41) is 9.84. The summed E-state index contributed by atoms with van der Waals surface area (Å²) < 4.78 is 17.4. The average molecular weight is 307 g/mol. The number of halogens is 1. The second kappa shape index (κ2) is 8.06. The second-order valence-corrected chi connectivity index (χ2v) is 5.56. The van der Waals surface area contributed by atoms with Gasteiger partial charge in [0.05, 0.1) is 7.11 Å². The van der Waals surface area contributed by atoms with Crippen LogP contribution >= 0.6 is 0 Å².